The molecule has 0 aromatic heterocycles. The quantitative estimate of drug-likeness (QED) is 0.496. The highest BCUT2D eigenvalue weighted by Gasteiger charge is 2.46. The number of esters is 1. The van der Waals surface area contributed by atoms with Crippen LogP contribution in [0.4, 0.5) is 0 Å². The van der Waals surface area contributed by atoms with Crippen molar-refractivity contribution in [3.8, 4) is 0 Å². The Morgan fingerprint density at radius 3 is 2.05 bits per heavy atom. The van der Waals surface area contributed by atoms with Gasteiger partial charge in [0.2, 0.25) is 0 Å². The Morgan fingerprint density at radius 1 is 1.05 bits per heavy atom. The highest BCUT2D eigenvalue weighted by Crippen LogP contribution is 2.49. The van der Waals surface area contributed by atoms with Crippen LogP contribution in [0.5, 0.6) is 0 Å². The molecule has 2 aliphatic rings. The predicted molar refractivity (Wildman–Crippen MR) is 91.6 cm³/mol. The summed E-state index contributed by atoms with van der Waals surface area (Å²) in [6, 6.07) is 0. The van der Waals surface area contributed by atoms with Crippen molar-refractivity contribution in [2.24, 2.45) is 17.3 Å². The SMILES string of the molecule is C=C(C)C(=O)OC1(C2CCCCC2)CCC(C(C)(C)C)CC1. The van der Waals surface area contributed by atoms with Crippen molar-refractivity contribution in [1.82, 2.24) is 0 Å². The topological polar surface area (TPSA) is 26.3 Å². The maximum Gasteiger partial charge on any atom is 0.333 e. The van der Waals surface area contributed by atoms with Crippen LogP contribution in [0, 0.1) is 17.3 Å². The molecule has 0 spiro atoms. The van der Waals surface area contributed by atoms with Crippen LogP contribution in [-0.2, 0) is 9.53 Å². The monoisotopic (exact) mass is 306 g/mol. The summed E-state index contributed by atoms with van der Waals surface area (Å²) in [5.41, 5.74) is 0.683. The normalized spacial score (nSPS) is 30.8. The van der Waals surface area contributed by atoms with Crippen molar-refractivity contribution in [3.05, 3.63) is 12.2 Å². The van der Waals surface area contributed by atoms with Gasteiger partial charge >= 0.3 is 5.97 Å². The van der Waals surface area contributed by atoms with Gasteiger partial charge in [0.15, 0.2) is 0 Å². The maximum absolute atomic E-state index is 12.2. The molecule has 0 unspecified atom stereocenters. The number of rotatable bonds is 3. The zero-order valence-corrected chi connectivity index (χ0v) is 15.0. The molecule has 2 rings (SSSR count). The van der Waals surface area contributed by atoms with Gasteiger partial charge < -0.3 is 4.74 Å². The molecule has 22 heavy (non-hydrogen) atoms. The number of carbonyl (C=O) groups excluding carboxylic acids is 1. The number of carbonyl (C=O) groups is 1. The van der Waals surface area contributed by atoms with Crippen molar-refractivity contribution in [2.75, 3.05) is 0 Å². The molecule has 2 heteroatoms. The number of ether oxygens (including phenoxy) is 1. The van der Waals surface area contributed by atoms with Crippen LogP contribution < -0.4 is 0 Å². The van der Waals surface area contributed by atoms with E-state index in [0.29, 0.717) is 16.9 Å². The first-order chi connectivity index (χ1) is 10.2. The second-order valence-electron chi connectivity index (χ2n) is 8.71. The van der Waals surface area contributed by atoms with Gasteiger partial charge in [0, 0.05) is 5.57 Å². The Hall–Kier alpha value is -0.790. The molecule has 0 bridgehead atoms. The van der Waals surface area contributed by atoms with Crippen LogP contribution in [0.1, 0.15) is 85.5 Å². The first-order valence-corrected chi connectivity index (χ1v) is 9.13. The maximum atomic E-state index is 12.2. The van der Waals surface area contributed by atoms with Gasteiger partial charge in [-0.25, -0.2) is 4.79 Å². The van der Waals surface area contributed by atoms with Crippen molar-refractivity contribution in [3.63, 3.8) is 0 Å². The van der Waals surface area contributed by atoms with E-state index in [4.69, 9.17) is 4.74 Å². The first kappa shape index (κ1) is 17.6. The summed E-state index contributed by atoms with van der Waals surface area (Å²) in [7, 11) is 0. The standard InChI is InChI=1S/C20H34O2/c1-15(2)18(21)22-20(17-9-7-6-8-10-17)13-11-16(12-14-20)19(3,4)5/h16-17H,1,6-14H2,2-5H3. The van der Waals surface area contributed by atoms with E-state index >= 15 is 0 Å². The summed E-state index contributed by atoms with van der Waals surface area (Å²) >= 11 is 0. The second kappa shape index (κ2) is 6.76. The lowest BCUT2D eigenvalue weighted by Crippen LogP contribution is -2.47. The predicted octanol–water partition coefficient (Wildman–Crippen LogP) is 5.66. The summed E-state index contributed by atoms with van der Waals surface area (Å²) in [6.07, 6.45) is 10.8. The summed E-state index contributed by atoms with van der Waals surface area (Å²) in [4.78, 5) is 12.2. The minimum absolute atomic E-state index is 0.181. The smallest absolute Gasteiger partial charge is 0.333 e. The molecule has 0 aromatic rings. The molecular weight excluding hydrogens is 272 g/mol. The number of hydrogen-bond donors (Lipinski definition) is 0. The van der Waals surface area contributed by atoms with E-state index in [2.05, 4.69) is 27.4 Å². The van der Waals surface area contributed by atoms with Gasteiger partial charge in [0.25, 0.3) is 0 Å². The average molecular weight is 306 g/mol. The van der Waals surface area contributed by atoms with E-state index in [1.807, 2.05) is 0 Å². The summed E-state index contributed by atoms with van der Waals surface area (Å²) in [6.45, 7) is 12.6. The lowest BCUT2D eigenvalue weighted by Gasteiger charge is -2.48. The van der Waals surface area contributed by atoms with Crippen LogP contribution in [0.15, 0.2) is 12.2 Å². The highest BCUT2D eigenvalue weighted by molar-refractivity contribution is 5.87. The minimum Gasteiger partial charge on any atom is -0.455 e. The van der Waals surface area contributed by atoms with Crippen molar-refractivity contribution < 1.29 is 9.53 Å². The molecule has 0 heterocycles. The van der Waals surface area contributed by atoms with Crippen LogP contribution in [-0.4, -0.2) is 11.6 Å². The van der Waals surface area contributed by atoms with Gasteiger partial charge in [-0.2, -0.15) is 0 Å². The van der Waals surface area contributed by atoms with E-state index in [9.17, 15) is 4.79 Å². The Morgan fingerprint density at radius 2 is 1.59 bits per heavy atom. The Kier molecular flexibility index (Phi) is 5.40. The van der Waals surface area contributed by atoms with Gasteiger partial charge in [0.05, 0.1) is 0 Å². The molecule has 2 fully saturated rings. The Bertz CT molecular complexity index is 402. The fourth-order valence-electron chi connectivity index (χ4n) is 4.47. The highest BCUT2D eigenvalue weighted by atomic mass is 16.6. The lowest BCUT2D eigenvalue weighted by atomic mass is 9.63. The molecule has 0 saturated heterocycles. The van der Waals surface area contributed by atoms with E-state index < -0.39 is 0 Å². The van der Waals surface area contributed by atoms with Crippen molar-refractivity contribution >= 4 is 5.97 Å². The van der Waals surface area contributed by atoms with Gasteiger partial charge in [-0.1, -0.05) is 46.6 Å². The Labute approximate surface area is 136 Å². The summed E-state index contributed by atoms with van der Waals surface area (Å²) in [5.74, 6) is 1.12. The molecule has 0 atom stereocenters. The van der Waals surface area contributed by atoms with Gasteiger partial charge in [-0.15, -0.1) is 0 Å². The third-order valence-electron chi connectivity index (χ3n) is 6.05. The zero-order valence-electron chi connectivity index (χ0n) is 15.0. The molecule has 0 amide bonds. The second-order valence-corrected chi connectivity index (χ2v) is 8.71. The first-order valence-electron chi connectivity index (χ1n) is 9.13. The zero-order chi connectivity index (χ0) is 16.4. The van der Waals surface area contributed by atoms with E-state index in [1.165, 1.54) is 44.9 Å². The molecular formula is C20H34O2. The molecule has 0 N–H and O–H groups in total. The average Bonchev–Trinajstić information content (AvgIpc) is 2.47. The fourth-order valence-corrected chi connectivity index (χ4v) is 4.47. The van der Waals surface area contributed by atoms with Crippen LogP contribution in [0.3, 0.4) is 0 Å². The van der Waals surface area contributed by atoms with E-state index in [0.717, 1.165) is 18.8 Å². The van der Waals surface area contributed by atoms with Gasteiger partial charge in [-0.05, 0) is 62.7 Å². The third kappa shape index (κ3) is 3.94. The van der Waals surface area contributed by atoms with Gasteiger partial charge in [-0.3, -0.25) is 0 Å². The van der Waals surface area contributed by atoms with Crippen molar-refractivity contribution in [2.45, 2.75) is 91.1 Å². The van der Waals surface area contributed by atoms with Crippen LogP contribution in [0.2, 0.25) is 0 Å². The molecule has 2 aliphatic carbocycles. The largest absolute Gasteiger partial charge is 0.455 e. The molecule has 0 radical (unpaired) electrons. The van der Waals surface area contributed by atoms with E-state index in [1.54, 1.807) is 6.92 Å². The molecule has 2 nitrogen and oxygen atoms in total. The Balaban J connectivity index is 2.13. The van der Waals surface area contributed by atoms with Crippen LogP contribution >= 0.6 is 0 Å². The van der Waals surface area contributed by atoms with E-state index in [-0.39, 0.29) is 11.6 Å². The molecule has 126 valence electrons. The fraction of sp³-hybridized carbons (Fsp3) is 0.850. The molecule has 0 aromatic carbocycles. The molecule has 2 saturated carbocycles. The van der Waals surface area contributed by atoms with Crippen molar-refractivity contribution in [1.29, 1.82) is 0 Å². The third-order valence-corrected chi connectivity index (χ3v) is 6.05. The number of hydrogen-bond acceptors (Lipinski definition) is 2. The summed E-state index contributed by atoms with van der Waals surface area (Å²) in [5, 5.41) is 0. The summed E-state index contributed by atoms with van der Waals surface area (Å²) < 4.78 is 6.10. The van der Waals surface area contributed by atoms with Crippen LogP contribution in [0.25, 0.3) is 0 Å². The molecule has 0 aliphatic heterocycles. The minimum atomic E-state index is -0.210. The van der Waals surface area contributed by atoms with Gasteiger partial charge in [0.1, 0.15) is 5.60 Å². The lowest BCUT2D eigenvalue weighted by molar-refractivity contribution is -0.171.